The molecule has 2 aromatic rings. The lowest BCUT2D eigenvalue weighted by Crippen LogP contribution is -2.42. The van der Waals surface area contributed by atoms with Crippen LogP contribution in [0.25, 0.3) is 0 Å². The molecule has 1 amide bonds. The van der Waals surface area contributed by atoms with Gasteiger partial charge in [0.05, 0.1) is 17.9 Å². The van der Waals surface area contributed by atoms with Gasteiger partial charge in [0.2, 0.25) is 5.95 Å². The molecule has 1 aliphatic rings. The predicted octanol–water partition coefficient (Wildman–Crippen LogP) is 3.12. The molecule has 1 aromatic carbocycles. The van der Waals surface area contributed by atoms with Crippen LogP contribution in [0.15, 0.2) is 36.5 Å². The smallest absolute Gasteiger partial charge is 0.409 e. The van der Waals surface area contributed by atoms with Gasteiger partial charge in [-0.1, -0.05) is 12.1 Å². The zero-order chi connectivity index (χ0) is 19.1. The molecule has 0 radical (unpaired) electrons. The summed E-state index contributed by atoms with van der Waals surface area (Å²) in [7, 11) is 0. The van der Waals surface area contributed by atoms with Crippen LogP contribution in [0.2, 0.25) is 0 Å². The number of ether oxygens (including phenoxy) is 1. The first-order valence-corrected chi connectivity index (χ1v) is 8.97. The Balaban J connectivity index is 1.59. The number of amides is 1. The topological polar surface area (TPSA) is 103 Å². The van der Waals surface area contributed by atoms with Crippen LogP contribution in [0, 0.1) is 11.3 Å². The fourth-order valence-electron chi connectivity index (χ4n) is 2.94. The number of likely N-dealkylation sites (tertiary alicyclic amines) is 1. The number of anilines is 3. The minimum Gasteiger partial charge on any atom is -0.450 e. The SMILES string of the molecule is CCOC(=O)N1CCC(Nc2ccnc(Nc3ccccc3C#N)n2)CC1. The fraction of sp³-hybridized carbons (Fsp3) is 0.368. The first kappa shape index (κ1) is 18.5. The molecule has 8 heteroatoms. The van der Waals surface area contributed by atoms with Crippen LogP contribution in [0.1, 0.15) is 25.3 Å². The van der Waals surface area contributed by atoms with Gasteiger partial charge in [0.15, 0.2) is 0 Å². The summed E-state index contributed by atoms with van der Waals surface area (Å²) in [4.78, 5) is 22.2. The van der Waals surface area contributed by atoms with E-state index >= 15 is 0 Å². The average molecular weight is 366 g/mol. The van der Waals surface area contributed by atoms with E-state index in [1.807, 2.05) is 25.1 Å². The number of nitrogens with one attached hydrogen (secondary N) is 2. The molecular formula is C19H22N6O2. The van der Waals surface area contributed by atoms with Gasteiger partial charge in [0.25, 0.3) is 0 Å². The molecule has 0 bridgehead atoms. The summed E-state index contributed by atoms with van der Waals surface area (Å²) in [5.41, 5.74) is 1.20. The predicted molar refractivity (Wildman–Crippen MR) is 102 cm³/mol. The molecule has 0 aliphatic carbocycles. The minimum atomic E-state index is -0.249. The van der Waals surface area contributed by atoms with Gasteiger partial charge < -0.3 is 20.3 Å². The van der Waals surface area contributed by atoms with Crippen molar-refractivity contribution >= 4 is 23.5 Å². The molecule has 0 unspecified atom stereocenters. The zero-order valence-electron chi connectivity index (χ0n) is 15.2. The highest BCUT2D eigenvalue weighted by atomic mass is 16.6. The van der Waals surface area contributed by atoms with Crippen molar-refractivity contribution in [3.63, 3.8) is 0 Å². The number of carbonyl (C=O) groups is 1. The van der Waals surface area contributed by atoms with Crippen LogP contribution < -0.4 is 10.6 Å². The van der Waals surface area contributed by atoms with E-state index in [1.54, 1.807) is 23.2 Å². The van der Waals surface area contributed by atoms with Crippen molar-refractivity contribution in [2.45, 2.75) is 25.8 Å². The molecular weight excluding hydrogens is 344 g/mol. The Morgan fingerprint density at radius 3 is 2.85 bits per heavy atom. The van der Waals surface area contributed by atoms with E-state index in [-0.39, 0.29) is 12.1 Å². The lowest BCUT2D eigenvalue weighted by atomic mass is 10.1. The molecule has 2 heterocycles. The number of carbonyl (C=O) groups excluding carboxylic acids is 1. The lowest BCUT2D eigenvalue weighted by molar-refractivity contribution is 0.0983. The number of nitriles is 1. The maximum atomic E-state index is 11.8. The number of benzene rings is 1. The van der Waals surface area contributed by atoms with Gasteiger partial charge in [-0.15, -0.1) is 0 Å². The van der Waals surface area contributed by atoms with Crippen LogP contribution in [0.4, 0.5) is 22.2 Å². The van der Waals surface area contributed by atoms with Crippen molar-refractivity contribution in [3.05, 3.63) is 42.1 Å². The van der Waals surface area contributed by atoms with Crippen molar-refractivity contribution in [1.29, 1.82) is 5.26 Å². The summed E-state index contributed by atoms with van der Waals surface area (Å²) in [5, 5.41) is 15.7. The number of piperidine rings is 1. The summed E-state index contributed by atoms with van der Waals surface area (Å²) >= 11 is 0. The Morgan fingerprint density at radius 1 is 1.33 bits per heavy atom. The highest BCUT2D eigenvalue weighted by Gasteiger charge is 2.23. The van der Waals surface area contributed by atoms with Gasteiger partial charge >= 0.3 is 6.09 Å². The highest BCUT2D eigenvalue weighted by Crippen LogP contribution is 2.20. The van der Waals surface area contributed by atoms with Crippen LogP contribution in [0.3, 0.4) is 0 Å². The lowest BCUT2D eigenvalue weighted by Gasteiger charge is -2.31. The normalized spacial score (nSPS) is 14.3. The third-order valence-electron chi connectivity index (χ3n) is 4.32. The van der Waals surface area contributed by atoms with Gasteiger partial charge in [0.1, 0.15) is 11.9 Å². The molecule has 8 nitrogen and oxygen atoms in total. The molecule has 2 N–H and O–H groups in total. The second kappa shape index (κ2) is 8.85. The third-order valence-corrected chi connectivity index (χ3v) is 4.32. The molecule has 0 spiro atoms. The van der Waals surface area contributed by atoms with E-state index in [9.17, 15) is 10.1 Å². The highest BCUT2D eigenvalue weighted by molar-refractivity contribution is 5.67. The summed E-state index contributed by atoms with van der Waals surface area (Å²) in [6, 6.07) is 11.4. The van der Waals surface area contributed by atoms with Crippen molar-refractivity contribution in [2.75, 3.05) is 30.3 Å². The number of hydrogen-bond donors (Lipinski definition) is 2. The number of nitrogens with zero attached hydrogens (tertiary/aromatic N) is 4. The first-order valence-electron chi connectivity index (χ1n) is 8.97. The summed E-state index contributed by atoms with van der Waals surface area (Å²) in [6.07, 6.45) is 3.06. The van der Waals surface area contributed by atoms with Crippen molar-refractivity contribution in [2.24, 2.45) is 0 Å². The maximum Gasteiger partial charge on any atom is 0.409 e. The fourth-order valence-corrected chi connectivity index (χ4v) is 2.94. The Kier molecular flexibility index (Phi) is 6.05. The maximum absolute atomic E-state index is 11.8. The molecule has 1 fully saturated rings. The molecule has 0 atom stereocenters. The quantitative estimate of drug-likeness (QED) is 0.838. The molecule has 1 saturated heterocycles. The van der Waals surface area contributed by atoms with E-state index in [4.69, 9.17) is 4.74 Å². The minimum absolute atomic E-state index is 0.227. The Morgan fingerprint density at radius 2 is 2.11 bits per heavy atom. The van der Waals surface area contributed by atoms with Gasteiger partial charge in [0, 0.05) is 25.3 Å². The summed E-state index contributed by atoms with van der Waals surface area (Å²) in [6.45, 7) is 3.51. The van der Waals surface area contributed by atoms with Gasteiger partial charge in [-0.2, -0.15) is 10.2 Å². The Bertz CT molecular complexity index is 827. The van der Waals surface area contributed by atoms with Crippen LogP contribution in [0.5, 0.6) is 0 Å². The Hall–Kier alpha value is -3.34. The molecule has 27 heavy (non-hydrogen) atoms. The monoisotopic (exact) mass is 366 g/mol. The zero-order valence-corrected chi connectivity index (χ0v) is 15.2. The number of para-hydroxylation sites is 1. The second-order valence-corrected chi connectivity index (χ2v) is 6.15. The van der Waals surface area contributed by atoms with Crippen molar-refractivity contribution < 1.29 is 9.53 Å². The molecule has 1 aromatic heterocycles. The number of aromatic nitrogens is 2. The number of hydrogen-bond acceptors (Lipinski definition) is 7. The average Bonchev–Trinajstić information content (AvgIpc) is 2.69. The van der Waals surface area contributed by atoms with Crippen molar-refractivity contribution in [1.82, 2.24) is 14.9 Å². The standard InChI is InChI=1S/C19H22N6O2/c1-2-27-19(26)25-11-8-15(9-12-25)22-17-7-10-21-18(24-17)23-16-6-4-3-5-14(16)13-20/h3-7,10,15H,2,8-9,11-12H2,1H3,(H2,21,22,23,24). The number of rotatable bonds is 5. The van der Waals surface area contributed by atoms with E-state index in [2.05, 4.69) is 26.7 Å². The van der Waals surface area contributed by atoms with Crippen LogP contribution >= 0.6 is 0 Å². The van der Waals surface area contributed by atoms with Crippen LogP contribution in [-0.2, 0) is 4.74 Å². The third kappa shape index (κ3) is 4.85. The van der Waals surface area contributed by atoms with Gasteiger partial charge in [-0.3, -0.25) is 0 Å². The molecule has 3 rings (SSSR count). The van der Waals surface area contributed by atoms with E-state index in [0.29, 0.717) is 42.7 Å². The molecule has 0 saturated carbocycles. The summed E-state index contributed by atoms with van der Waals surface area (Å²) < 4.78 is 5.04. The van der Waals surface area contributed by atoms with Gasteiger partial charge in [-0.05, 0) is 38.0 Å². The molecule has 140 valence electrons. The van der Waals surface area contributed by atoms with E-state index < -0.39 is 0 Å². The van der Waals surface area contributed by atoms with E-state index in [0.717, 1.165) is 12.8 Å². The van der Waals surface area contributed by atoms with Gasteiger partial charge in [-0.25, -0.2) is 9.78 Å². The van der Waals surface area contributed by atoms with Crippen LogP contribution in [-0.4, -0.2) is 46.7 Å². The molecule has 1 aliphatic heterocycles. The summed E-state index contributed by atoms with van der Waals surface area (Å²) in [5.74, 6) is 1.13. The largest absolute Gasteiger partial charge is 0.450 e. The first-order chi connectivity index (χ1) is 13.2. The van der Waals surface area contributed by atoms with Crippen molar-refractivity contribution in [3.8, 4) is 6.07 Å². The second-order valence-electron chi connectivity index (χ2n) is 6.15. The van der Waals surface area contributed by atoms with E-state index in [1.165, 1.54) is 0 Å². The Labute approximate surface area is 158 Å².